The van der Waals surface area contributed by atoms with Crippen molar-refractivity contribution in [3.8, 4) is 17.1 Å². The van der Waals surface area contributed by atoms with Crippen molar-refractivity contribution in [1.82, 2.24) is 10.1 Å². The summed E-state index contributed by atoms with van der Waals surface area (Å²) in [6.07, 6.45) is 0. The standard InChI is InChI=1S/C25H22ClN3O3/c1-31-23-5-3-2-4-22(23)28-12-14-29(15-13-28)25(30)18-8-11-21-20(16-18)24(32-27-21)17-6-9-19(26)10-7-17/h2-11,16H,12-15H2,1H3. The van der Waals surface area contributed by atoms with Gasteiger partial charge in [-0.2, -0.15) is 0 Å². The summed E-state index contributed by atoms with van der Waals surface area (Å²) in [6, 6.07) is 20.9. The van der Waals surface area contributed by atoms with Crippen molar-refractivity contribution in [2.45, 2.75) is 0 Å². The molecule has 1 aliphatic heterocycles. The summed E-state index contributed by atoms with van der Waals surface area (Å²) in [5.41, 5.74) is 3.27. The fraction of sp³-hybridized carbons (Fsp3) is 0.200. The molecule has 0 radical (unpaired) electrons. The van der Waals surface area contributed by atoms with Gasteiger partial charge in [-0.05, 0) is 54.6 Å². The third kappa shape index (κ3) is 3.78. The summed E-state index contributed by atoms with van der Waals surface area (Å²) < 4.78 is 11.1. The molecular formula is C25H22ClN3O3. The zero-order valence-corrected chi connectivity index (χ0v) is 18.4. The number of methoxy groups -OCH3 is 1. The highest BCUT2D eigenvalue weighted by Gasteiger charge is 2.24. The van der Waals surface area contributed by atoms with Gasteiger partial charge < -0.3 is 19.1 Å². The van der Waals surface area contributed by atoms with Crippen LogP contribution in [0.2, 0.25) is 5.02 Å². The summed E-state index contributed by atoms with van der Waals surface area (Å²) in [5.74, 6) is 1.49. The van der Waals surface area contributed by atoms with Gasteiger partial charge in [0.15, 0.2) is 5.76 Å². The van der Waals surface area contributed by atoms with Crippen molar-refractivity contribution in [1.29, 1.82) is 0 Å². The number of hydrogen-bond acceptors (Lipinski definition) is 5. The van der Waals surface area contributed by atoms with E-state index in [1.54, 1.807) is 7.11 Å². The maximum absolute atomic E-state index is 13.2. The Morgan fingerprint density at radius 3 is 2.50 bits per heavy atom. The molecule has 0 spiro atoms. The summed E-state index contributed by atoms with van der Waals surface area (Å²) in [6.45, 7) is 2.78. The van der Waals surface area contributed by atoms with Crippen LogP contribution in [0.4, 0.5) is 5.69 Å². The van der Waals surface area contributed by atoms with Gasteiger partial charge >= 0.3 is 0 Å². The highest BCUT2D eigenvalue weighted by Crippen LogP contribution is 2.31. The van der Waals surface area contributed by atoms with E-state index in [0.717, 1.165) is 35.5 Å². The Bertz CT molecular complexity index is 1260. The van der Waals surface area contributed by atoms with Crippen LogP contribution in [0, 0.1) is 0 Å². The molecule has 1 aliphatic rings. The minimum absolute atomic E-state index is 0.00910. The number of carbonyl (C=O) groups excluding carboxylic acids is 1. The van der Waals surface area contributed by atoms with E-state index in [2.05, 4.69) is 16.1 Å². The largest absolute Gasteiger partial charge is 0.495 e. The van der Waals surface area contributed by atoms with Crippen LogP contribution >= 0.6 is 11.6 Å². The van der Waals surface area contributed by atoms with E-state index in [9.17, 15) is 4.79 Å². The third-order valence-electron chi connectivity index (χ3n) is 5.82. The van der Waals surface area contributed by atoms with Crippen LogP contribution < -0.4 is 9.64 Å². The molecule has 0 atom stereocenters. The summed E-state index contributed by atoms with van der Waals surface area (Å²) in [5, 5.41) is 5.60. The molecule has 1 fully saturated rings. The molecule has 3 aromatic carbocycles. The lowest BCUT2D eigenvalue weighted by atomic mass is 10.1. The van der Waals surface area contributed by atoms with Crippen molar-refractivity contribution in [2.75, 3.05) is 38.2 Å². The number of fused-ring (bicyclic) bond motifs is 1. The van der Waals surface area contributed by atoms with Crippen LogP contribution in [0.1, 0.15) is 10.4 Å². The van der Waals surface area contributed by atoms with Crippen LogP contribution in [-0.4, -0.2) is 49.3 Å². The van der Waals surface area contributed by atoms with E-state index in [0.29, 0.717) is 35.0 Å². The van der Waals surface area contributed by atoms with E-state index in [4.69, 9.17) is 20.9 Å². The Balaban J connectivity index is 1.35. The predicted molar refractivity (Wildman–Crippen MR) is 126 cm³/mol. The molecule has 0 aliphatic carbocycles. The van der Waals surface area contributed by atoms with Crippen LogP contribution in [0.25, 0.3) is 22.2 Å². The quantitative estimate of drug-likeness (QED) is 0.434. The molecule has 2 heterocycles. The Morgan fingerprint density at radius 1 is 1.00 bits per heavy atom. The van der Waals surface area contributed by atoms with Gasteiger partial charge in [-0.25, -0.2) is 0 Å². The molecule has 0 N–H and O–H groups in total. The second kappa shape index (κ2) is 8.55. The lowest BCUT2D eigenvalue weighted by Crippen LogP contribution is -2.48. The molecule has 32 heavy (non-hydrogen) atoms. The molecule has 0 saturated carbocycles. The van der Waals surface area contributed by atoms with E-state index < -0.39 is 0 Å². The van der Waals surface area contributed by atoms with Gasteiger partial charge in [-0.15, -0.1) is 0 Å². The molecule has 7 heteroatoms. The normalized spacial score (nSPS) is 14.1. The third-order valence-corrected chi connectivity index (χ3v) is 6.07. The molecule has 162 valence electrons. The van der Waals surface area contributed by atoms with Crippen molar-refractivity contribution in [3.05, 3.63) is 77.3 Å². The summed E-state index contributed by atoms with van der Waals surface area (Å²) in [4.78, 5) is 17.4. The first kappa shape index (κ1) is 20.4. The second-order valence-corrected chi connectivity index (χ2v) is 8.14. The molecular weight excluding hydrogens is 426 g/mol. The molecule has 5 rings (SSSR count). The van der Waals surface area contributed by atoms with E-state index >= 15 is 0 Å². The number of carbonyl (C=O) groups is 1. The van der Waals surface area contributed by atoms with Crippen LogP contribution in [-0.2, 0) is 0 Å². The van der Waals surface area contributed by atoms with Gasteiger partial charge in [0, 0.05) is 42.3 Å². The fourth-order valence-corrected chi connectivity index (χ4v) is 4.23. The topological polar surface area (TPSA) is 58.8 Å². The number of ether oxygens (including phenoxy) is 1. The lowest BCUT2D eigenvalue weighted by Gasteiger charge is -2.36. The summed E-state index contributed by atoms with van der Waals surface area (Å²) >= 11 is 6.00. The van der Waals surface area contributed by atoms with E-state index in [1.807, 2.05) is 65.6 Å². The number of aromatic nitrogens is 1. The van der Waals surface area contributed by atoms with Gasteiger partial charge in [-0.1, -0.05) is 28.9 Å². The molecule has 1 aromatic heterocycles. The summed E-state index contributed by atoms with van der Waals surface area (Å²) in [7, 11) is 1.68. The zero-order valence-electron chi connectivity index (χ0n) is 17.6. The number of piperazine rings is 1. The molecule has 1 saturated heterocycles. The first-order valence-electron chi connectivity index (χ1n) is 10.5. The van der Waals surface area contributed by atoms with E-state index in [-0.39, 0.29) is 5.91 Å². The number of nitrogens with zero attached hydrogens (tertiary/aromatic N) is 3. The van der Waals surface area contributed by atoms with Crippen molar-refractivity contribution in [3.63, 3.8) is 0 Å². The number of benzene rings is 3. The van der Waals surface area contributed by atoms with Gasteiger partial charge in [0.1, 0.15) is 11.3 Å². The van der Waals surface area contributed by atoms with Crippen LogP contribution in [0.3, 0.4) is 0 Å². The van der Waals surface area contributed by atoms with Crippen molar-refractivity contribution < 1.29 is 14.1 Å². The number of halogens is 1. The highest BCUT2D eigenvalue weighted by molar-refractivity contribution is 6.30. The average molecular weight is 448 g/mol. The van der Waals surface area contributed by atoms with Crippen molar-refractivity contribution in [2.24, 2.45) is 0 Å². The first-order chi connectivity index (χ1) is 15.6. The maximum atomic E-state index is 13.2. The zero-order chi connectivity index (χ0) is 22.1. The van der Waals surface area contributed by atoms with Crippen molar-refractivity contribution >= 4 is 34.1 Å². The Hall–Kier alpha value is -3.51. The minimum atomic E-state index is 0.00910. The molecule has 0 unspecified atom stereocenters. The minimum Gasteiger partial charge on any atom is -0.495 e. The molecule has 6 nitrogen and oxygen atoms in total. The smallest absolute Gasteiger partial charge is 0.254 e. The lowest BCUT2D eigenvalue weighted by molar-refractivity contribution is 0.0747. The number of anilines is 1. The maximum Gasteiger partial charge on any atom is 0.254 e. The van der Waals surface area contributed by atoms with Gasteiger partial charge in [0.2, 0.25) is 0 Å². The first-order valence-corrected chi connectivity index (χ1v) is 10.8. The second-order valence-electron chi connectivity index (χ2n) is 7.70. The van der Waals surface area contributed by atoms with Crippen LogP contribution in [0.15, 0.2) is 71.3 Å². The predicted octanol–water partition coefficient (Wildman–Crippen LogP) is 5.12. The van der Waals surface area contributed by atoms with E-state index in [1.165, 1.54) is 0 Å². The number of hydrogen-bond donors (Lipinski definition) is 0. The Morgan fingerprint density at radius 2 is 1.75 bits per heavy atom. The van der Waals surface area contributed by atoms with Crippen LogP contribution in [0.5, 0.6) is 5.75 Å². The fourth-order valence-electron chi connectivity index (χ4n) is 4.11. The molecule has 4 aromatic rings. The number of rotatable bonds is 4. The Kier molecular flexibility index (Phi) is 5.45. The van der Waals surface area contributed by atoms with Gasteiger partial charge in [0.05, 0.1) is 18.2 Å². The monoisotopic (exact) mass is 447 g/mol. The average Bonchev–Trinajstić information content (AvgIpc) is 3.27. The SMILES string of the molecule is COc1ccccc1N1CCN(C(=O)c2ccc3noc(-c4ccc(Cl)cc4)c3c2)CC1. The Labute approximate surface area is 190 Å². The molecule has 0 bridgehead atoms. The van der Waals surface area contributed by atoms with Gasteiger partial charge in [0.25, 0.3) is 5.91 Å². The van der Waals surface area contributed by atoms with Gasteiger partial charge in [-0.3, -0.25) is 4.79 Å². The molecule has 1 amide bonds. The number of amides is 1. The number of para-hydroxylation sites is 2. The highest BCUT2D eigenvalue weighted by atomic mass is 35.5.